The van der Waals surface area contributed by atoms with Crippen LogP contribution in [0.3, 0.4) is 0 Å². The first-order chi connectivity index (χ1) is 11.5. The number of carbonyl (C=O) groups is 1. The lowest BCUT2D eigenvalue weighted by molar-refractivity contribution is -0.122. The molecule has 2 rings (SSSR count). The van der Waals surface area contributed by atoms with E-state index in [9.17, 15) is 4.79 Å². The summed E-state index contributed by atoms with van der Waals surface area (Å²) in [7, 11) is 0. The maximum absolute atomic E-state index is 12.6. The van der Waals surface area contributed by atoms with Crippen molar-refractivity contribution >= 4 is 11.6 Å². The maximum atomic E-state index is 12.6. The molecule has 128 valence electrons. The second kappa shape index (κ2) is 8.39. The molecule has 0 aliphatic heterocycles. The Labute approximate surface area is 143 Å². The first-order valence-electron chi connectivity index (χ1n) is 8.31. The molecule has 1 N–H and O–H groups in total. The van der Waals surface area contributed by atoms with Crippen molar-refractivity contribution in [3.63, 3.8) is 0 Å². The molecule has 2 aromatic rings. The number of nitrogens with one attached hydrogen (secondary N) is 1. The maximum Gasteiger partial charge on any atom is 0.265 e. The Kier molecular flexibility index (Phi) is 6.24. The minimum atomic E-state index is -0.554. The molecular weight excluding hydrogens is 302 g/mol. The highest BCUT2D eigenvalue weighted by Gasteiger charge is 2.20. The minimum Gasteiger partial charge on any atom is -0.492 e. The van der Waals surface area contributed by atoms with Crippen LogP contribution in [0.4, 0.5) is 5.69 Å². The van der Waals surface area contributed by atoms with Crippen LogP contribution < -0.4 is 14.8 Å². The molecule has 24 heavy (non-hydrogen) atoms. The van der Waals surface area contributed by atoms with Crippen LogP contribution in [0.1, 0.15) is 31.4 Å². The molecule has 0 fully saturated rings. The van der Waals surface area contributed by atoms with Crippen molar-refractivity contribution in [3.05, 3.63) is 53.6 Å². The fraction of sp³-hybridized carbons (Fsp3) is 0.350. The molecule has 2 aromatic carbocycles. The Balaban J connectivity index is 2.10. The van der Waals surface area contributed by atoms with E-state index >= 15 is 0 Å². The van der Waals surface area contributed by atoms with Crippen LogP contribution in [0.15, 0.2) is 42.5 Å². The van der Waals surface area contributed by atoms with E-state index in [1.807, 2.05) is 70.2 Å². The van der Waals surface area contributed by atoms with E-state index in [2.05, 4.69) is 5.32 Å². The standard InChI is InChI=1S/C20H25NO3/c1-5-18(24-16-12-11-14(3)15(4)13-16)20(22)21-17-9-7-8-10-19(17)23-6-2/h7-13,18H,5-6H2,1-4H3,(H,21,22). The molecule has 0 saturated carbocycles. The number of aryl methyl sites for hydroxylation is 2. The number of anilines is 1. The molecule has 0 saturated heterocycles. The topological polar surface area (TPSA) is 47.6 Å². The summed E-state index contributed by atoms with van der Waals surface area (Å²) in [6, 6.07) is 13.3. The first kappa shape index (κ1) is 17.9. The van der Waals surface area contributed by atoms with E-state index in [0.29, 0.717) is 30.2 Å². The van der Waals surface area contributed by atoms with Crippen molar-refractivity contribution in [2.24, 2.45) is 0 Å². The fourth-order valence-electron chi connectivity index (χ4n) is 2.34. The van der Waals surface area contributed by atoms with Gasteiger partial charge < -0.3 is 14.8 Å². The molecular formula is C20H25NO3. The molecule has 4 nitrogen and oxygen atoms in total. The number of hydrogen-bond donors (Lipinski definition) is 1. The number of para-hydroxylation sites is 2. The Morgan fingerprint density at radius 2 is 1.83 bits per heavy atom. The summed E-state index contributed by atoms with van der Waals surface area (Å²) in [5.41, 5.74) is 3.00. The third kappa shape index (κ3) is 4.51. The normalized spacial score (nSPS) is 11.7. The van der Waals surface area contributed by atoms with Crippen molar-refractivity contribution in [3.8, 4) is 11.5 Å². The van der Waals surface area contributed by atoms with Crippen LogP contribution in [-0.2, 0) is 4.79 Å². The van der Waals surface area contributed by atoms with E-state index in [4.69, 9.17) is 9.47 Å². The van der Waals surface area contributed by atoms with Gasteiger partial charge in [-0.1, -0.05) is 25.1 Å². The molecule has 1 amide bonds. The monoisotopic (exact) mass is 327 g/mol. The molecule has 0 heterocycles. The molecule has 1 atom stereocenters. The summed E-state index contributed by atoms with van der Waals surface area (Å²) >= 11 is 0. The summed E-state index contributed by atoms with van der Waals surface area (Å²) in [5.74, 6) is 1.19. The number of carbonyl (C=O) groups excluding carboxylic acids is 1. The van der Waals surface area contributed by atoms with Gasteiger partial charge in [-0.25, -0.2) is 0 Å². The second-order valence-electron chi connectivity index (χ2n) is 5.68. The Morgan fingerprint density at radius 3 is 2.50 bits per heavy atom. The molecule has 0 bridgehead atoms. The molecule has 0 aliphatic rings. The van der Waals surface area contributed by atoms with E-state index < -0.39 is 6.10 Å². The molecule has 0 aliphatic carbocycles. The van der Waals surface area contributed by atoms with Gasteiger partial charge in [-0.05, 0) is 62.6 Å². The van der Waals surface area contributed by atoms with Crippen LogP contribution in [0.25, 0.3) is 0 Å². The highest BCUT2D eigenvalue weighted by molar-refractivity contribution is 5.95. The van der Waals surface area contributed by atoms with E-state index in [0.717, 1.165) is 5.56 Å². The number of benzene rings is 2. The lowest BCUT2D eigenvalue weighted by atomic mass is 10.1. The zero-order chi connectivity index (χ0) is 17.5. The quantitative estimate of drug-likeness (QED) is 0.814. The van der Waals surface area contributed by atoms with Crippen molar-refractivity contribution in [1.82, 2.24) is 0 Å². The van der Waals surface area contributed by atoms with Gasteiger partial charge in [0.15, 0.2) is 6.10 Å². The van der Waals surface area contributed by atoms with Crippen molar-refractivity contribution in [2.75, 3.05) is 11.9 Å². The van der Waals surface area contributed by atoms with Crippen LogP contribution in [0.5, 0.6) is 11.5 Å². The van der Waals surface area contributed by atoms with Crippen molar-refractivity contribution in [1.29, 1.82) is 0 Å². The SMILES string of the molecule is CCOc1ccccc1NC(=O)C(CC)Oc1ccc(C)c(C)c1. The summed E-state index contributed by atoms with van der Waals surface area (Å²) in [5, 5.41) is 2.90. The zero-order valence-electron chi connectivity index (χ0n) is 14.8. The van der Waals surface area contributed by atoms with E-state index in [-0.39, 0.29) is 5.91 Å². The van der Waals surface area contributed by atoms with Gasteiger partial charge in [0, 0.05) is 0 Å². The summed E-state index contributed by atoms with van der Waals surface area (Å²) in [6.45, 7) is 8.47. The molecule has 1 unspecified atom stereocenters. The molecule has 0 spiro atoms. The average Bonchev–Trinajstić information content (AvgIpc) is 2.57. The van der Waals surface area contributed by atoms with Gasteiger partial charge in [-0.2, -0.15) is 0 Å². The zero-order valence-corrected chi connectivity index (χ0v) is 14.8. The van der Waals surface area contributed by atoms with Crippen molar-refractivity contribution in [2.45, 2.75) is 40.2 Å². The van der Waals surface area contributed by atoms with Gasteiger partial charge in [-0.15, -0.1) is 0 Å². The summed E-state index contributed by atoms with van der Waals surface area (Å²) in [4.78, 5) is 12.6. The van der Waals surface area contributed by atoms with Gasteiger partial charge in [-0.3, -0.25) is 4.79 Å². The highest BCUT2D eigenvalue weighted by Crippen LogP contribution is 2.25. The van der Waals surface area contributed by atoms with Crippen LogP contribution in [-0.4, -0.2) is 18.6 Å². The minimum absolute atomic E-state index is 0.178. The number of amides is 1. The summed E-state index contributed by atoms with van der Waals surface area (Å²) < 4.78 is 11.4. The largest absolute Gasteiger partial charge is 0.492 e. The van der Waals surface area contributed by atoms with Crippen LogP contribution >= 0.6 is 0 Å². The highest BCUT2D eigenvalue weighted by atomic mass is 16.5. The average molecular weight is 327 g/mol. The fourth-order valence-corrected chi connectivity index (χ4v) is 2.34. The smallest absolute Gasteiger partial charge is 0.265 e. The molecule has 0 aromatic heterocycles. The van der Waals surface area contributed by atoms with E-state index in [1.165, 1.54) is 5.56 Å². The van der Waals surface area contributed by atoms with Gasteiger partial charge in [0.25, 0.3) is 5.91 Å². The summed E-state index contributed by atoms with van der Waals surface area (Å²) in [6.07, 6.45) is 0.0250. The predicted molar refractivity (Wildman–Crippen MR) is 96.9 cm³/mol. The third-order valence-electron chi connectivity index (χ3n) is 3.86. The first-order valence-corrected chi connectivity index (χ1v) is 8.31. The van der Waals surface area contributed by atoms with Gasteiger partial charge in [0.1, 0.15) is 11.5 Å². The predicted octanol–water partition coefficient (Wildman–Crippen LogP) is 4.50. The van der Waals surface area contributed by atoms with Gasteiger partial charge in [0.05, 0.1) is 12.3 Å². The van der Waals surface area contributed by atoms with Gasteiger partial charge in [0.2, 0.25) is 0 Å². The number of rotatable bonds is 7. The third-order valence-corrected chi connectivity index (χ3v) is 3.86. The Bertz CT molecular complexity index is 697. The second-order valence-corrected chi connectivity index (χ2v) is 5.68. The van der Waals surface area contributed by atoms with Crippen LogP contribution in [0.2, 0.25) is 0 Å². The molecule has 4 heteroatoms. The van der Waals surface area contributed by atoms with Crippen LogP contribution in [0, 0.1) is 13.8 Å². The Morgan fingerprint density at radius 1 is 1.08 bits per heavy atom. The Hall–Kier alpha value is -2.49. The number of hydrogen-bond acceptors (Lipinski definition) is 3. The van der Waals surface area contributed by atoms with Gasteiger partial charge >= 0.3 is 0 Å². The number of ether oxygens (including phenoxy) is 2. The van der Waals surface area contributed by atoms with Crippen molar-refractivity contribution < 1.29 is 14.3 Å². The lowest BCUT2D eigenvalue weighted by Crippen LogP contribution is -2.32. The molecule has 0 radical (unpaired) electrons. The lowest BCUT2D eigenvalue weighted by Gasteiger charge is -2.19. The van der Waals surface area contributed by atoms with E-state index in [1.54, 1.807) is 0 Å².